The number of nitriles is 1. The van der Waals surface area contributed by atoms with E-state index in [1.165, 1.54) is 12.1 Å². The minimum Gasteiger partial charge on any atom is -0.297 e. The van der Waals surface area contributed by atoms with Gasteiger partial charge in [0.05, 0.1) is 11.6 Å². The fourth-order valence-corrected chi connectivity index (χ4v) is 1.79. The van der Waals surface area contributed by atoms with Crippen molar-refractivity contribution in [2.75, 3.05) is 6.54 Å². The second kappa shape index (κ2) is 6.36. The van der Waals surface area contributed by atoms with Gasteiger partial charge in [0.25, 0.3) is 0 Å². The van der Waals surface area contributed by atoms with E-state index < -0.39 is 0 Å². The first-order valence-corrected chi connectivity index (χ1v) is 6.01. The van der Waals surface area contributed by atoms with Crippen LogP contribution in [0.1, 0.15) is 38.3 Å². The van der Waals surface area contributed by atoms with Crippen molar-refractivity contribution in [1.29, 1.82) is 5.26 Å². The van der Waals surface area contributed by atoms with Gasteiger partial charge in [-0.1, -0.05) is 6.92 Å². The highest BCUT2D eigenvalue weighted by Gasteiger charge is 2.12. The lowest BCUT2D eigenvalue weighted by atomic mass is 10.1. The molecular formula is C14H19FN2. The number of benzene rings is 1. The van der Waals surface area contributed by atoms with E-state index in [0.29, 0.717) is 23.7 Å². The van der Waals surface area contributed by atoms with Crippen LogP contribution >= 0.6 is 0 Å². The average Bonchev–Trinajstić information content (AvgIpc) is 2.31. The smallest absolute Gasteiger partial charge is 0.127 e. The summed E-state index contributed by atoms with van der Waals surface area (Å²) in [5, 5.41) is 8.81. The Morgan fingerprint density at radius 3 is 2.65 bits per heavy atom. The van der Waals surface area contributed by atoms with Gasteiger partial charge in [0, 0.05) is 18.2 Å². The molecule has 0 bridgehead atoms. The number of hydrogen-bond donors (Lipinski definition) is 0. The molecule has 92 valence electrons. The van der Waals surface area contributed by atoms with E-state index in [9.17, 15) is 4.39 Å². The second-order valence-corrected chi connectivity index (χ2v) is 4.48. The molecule has 2 nitrogen and oxygen atoms in total. The molecule has 0 unspecified atom stereocenters. The van der Waals surface area contributed by atoms with E-state index in [0.717, 1.165) is 13.0 Å². The number of halogens is 1. The van der Waals surface area contributed by atoms with Crippen molar-refractivity contribution < 1.29 is 4.39 Å². The summed E-state index contributed by atoms with van der Waals surface area (Å²) in [4.78, 5) is 2.21. The average molecular weight is 234 g/mol. The van der Waals surface area contributed by atoms with Crippen molar-refractivity contribution in [3.8, 4) is 6.07 Å². The van der Waals surface area contributed by atoms with Crippen LogP contribution in [0.5, 0.6) is 0 Å². The molecule has 17 heavy (non-hydrogen) atoms. The Morgan fingerprint density at radius 2 is 2.12 bits per heavy atom. The van der Waals surface area contributed by atoms with Gasteiger partial charge in [0.2, 0.25) is 0 Å². The molecule has 0 aliphatic carbocycles. The molecule has 3 heteroatoms. The Balaban J connectivity index is 2.88. The van der Waals surface area contributed by atoms with Crippen molar-refractivity contribution in [2.45, 2.75) is 39.8 Å². The molecule has 0 saturated heterocycles. The van der Waals surface area contributed by atoms with E-state index in [2.05, 4.69) is 25.7 Å². The summed E-state index contributed by atoms with van der Waals surface area (Å²) in [6.45, 7) is 7.81. The monoisotopic (exact) mass is 234 g/mol. The van der Waals surface area contributed by atoms with Gasteiger partial charge in [-0.15, -0.1) is 0 Å². The lowest BCUT2D eigenvalue weighted by Gasteiger charge is -2.26. The first-order chi connectivity index (χ1) is 8.08. The molecule has 0 aliphatic heterocycles. The van der Waals surface area contributed by atoms with E-state index in [-0.39, 0.29) is 5.82 Å². The highest BCUT2D eigenvalue weighted by Crippen LogP contribution is 2.14. The summed E-state index contributed by atoms with van der Waals surface area (Å²) in [6, 6.07) is 6.94. The highest BCUT2D eigenvalue weighted by molar-refractivity contribution is 5.33. The normalized spacial score (nSPS) is 10.9. The molecule has 0 radical (unpaired) electrons. The predicted octanol–water partition coefficient (Wildman–Crippen LogP) is 3.32. The first kappa shape index (κ1) is 13.7. The van der Waals surface area contributed by atoms with Crippen LogP contribution < -0.4 is 0 Å². The van der Waals surface area contributed by atoms with Gasteiger partial charge >= 0.3 is 0 Å². The van der Waals surface area contributed by atoms with E-state index >= 15 is 0 Å². The number of rotatable bonds is 5. The van der Waals surface area contributed by atoms with Crippen LogP contribution in [0.2, 0.25) is 0 Å². The van der Waals surface area contributed by atoms with Crippen molar-refractivity contribution in [1.82, 2.24) is 4.90 Å². The van der Waals surface area contributed by atoms with Crippen LogP contribution in [0.15, 0.2) is 18.2 Å². The summed E-state index contributed by atoms with van der Waals surface area (Å²) in [6.07, 6.45) is 1.04. The lowest BCUT2D eigenvalue weighted by Crippen LogP contribution is -2.31. The van der Waals surface area contributed by atoms with E-state index in [1.807, 2.05) is 6.07 Å². The topological polar surface area (TPSA) is 27.0 Å². The summed E-state index contributed by atoms with van der Waals surface area (Å²) in [5.74, 6) is -0.231. The van der Waals surface area contributed by atoms with Crippen LogP contribution in [0.25, 0.3) is 0 Å². The van der Waals surface area contributed by atoms with Gasteiger partial charge in [0.1, 0.15) is 5.82 Å². The summed E-state index contributed by atoms with van der Waals surface area (Å²) >= 11 is 0. The van der Waals surface area contributed by atoms with Gasteiger partial charge in [0.15, 0.2) is 0 Å². The van der Waals surface area contributed by atoms with Crippen molar-refractivity contribution in [2.24, 2.45) is 0 Å². The Hall–Kier alpha value is -1.40. The largest absolute Gasteiger partial charge is 0.297 e. The van der Waals surface area contributed by atoms with Crippen LogP contribution in [0, 0.1) is 17.1 Å². The lowest BCUT2D eigenvalue weighted by molar-refractivity contribution is 0.210. The molecule has 1 aromatic rings. The second-order valence-electron chi connectivity index (χ2n) is 4.48. The molecule has 0 amide bonds. The molecule has 0 aromatic heterocycles. The van der Waals surface area contributed by atoms with Crippen LogP contribution in [-0.2, 0) is 6.54 Å². The third-order valence-electron chi connectivity index (χ3n) is 2.79. The van der Waals surface area contributed by atoms with Gasteiger partial charge in [-0.2, -0.15) is 5.26 Å². The Bertz CT molecular complexity index is 407. The minimum absolute atomic E-state index is 0.231. The maximum absolute atomic E-state index is 13.6. The zero-order valence-corrected chi connectivity index (χ0v) is 10.7. The van der Waals surface area contributed by atoms with E-state index in [4.69, 9.17) is 5.26 Å². The molecule has 1 aromatic carbocycles. The fourth-order valence-electron chi connectivity index (χ4n) is 1.79. The summed E-state index contributed by atoms with van der Waals surface area (Å²) in [5.41, 5.74) is 1.12. The van der Waals surface area contributed by atoms with Crippen LogP contribution in [0.3, 0.4) is 0 Å². The molecule has 0 aliphatic rings. The highest BCUT2D eigenvalue weighted by atomic mass is 19.1. The predicted molar refractivity (Wildman–Crippen MR) is 67.0 cm³/mol. The zero-order valence-electron chi connectivity index (χ0n) is 10.7. The maximum atomic E-state index is 13.6. The quantitative estimate of drug-likeness (QED) is 0.781. The van der Waals surface area contributed by atoms with Gasteiger partial charge in [-0.25, -0.2) is 4.39 Å². The molecular weight excluding hydrogens is 215 g/mol. The number of hydrogen-bond acceptors (Lipinski definition) is 2. The molecule has 0 fully saturated rings. The maximum Gasteiger partial charge on any atom is 0.127 e. The molecule has 1 rings (SSSR count). The van der Waals surface area contributed by atoms with Gasteiger partial charge in [-0.05, 0) is 45.0 Å². The Kier molecular flexibility index (Phi) is 5.11. The van der Waals surface area contributed by atoms with Crippen molar-refractivity contribution >= 4 is 0 Å². The van der Waals surface area contributed by atoms with Gasteiger partial charge < -0.3 is 0 Å². The minimum atomic E-state index is -0.231. The van der Waals surface area contributed by atoms with E-state index in [1.54, 1.807) is 6.07 Å². The van der Waals surface area contributed by atoms with Crippen LogP contribution in [0.4, 0.5) is 4.39 Å². The zero-order chi connectivity index (χ0) is 12.8. The standard InChI is InChI=1S/C14H19FN2/c1-4-7-17(11(2)3)10-13-8-12(9-16)5-6-14(13)15/h5-6,8,11H,4,7,10H2,1-3H3. The first-order valence-electron chi connectivity index (χ1n) is 6.01. The molecule has 0 saturated carbocycles. The van der Waals surface area contributed by atoms with Crippen LogP contribution in [-0.4, -0.2) is 17.5 Å². The molecule has 0 N–H and O–H groups in total. The molecule has 0 spiro atoms. The third-order valence-corrected chi connectivity index (χ3v) is 2.79. The van der Waals surface area contributed by atoms with Crippen molar-refractivity contribution in [3.05, 3.63) is 35.1 Å². The molecule has 0 heterocycles. The summed E-state index contributed by atoms with van der Waals surface area (Å²) < 4.78 is 13.6. The Morgan fingerprint density at radius 1 is 1.41 bits per heavy atom. The van der Waals surface area contributed by atoms with Gasteiger partial charge in [-0.3, -0.25) is 4.90 Å². The number of nitrogens with zero attached hydrogens (tertiary/aromatic N) is 2. The molecule has 0 atom stereocenters. The SMILES string of the molecule is CCCN(Cc1cc(C#N)ccc1F)C(C)C. The third kappa shape index (κ3) is 3.83. The summed E-state index contributed by atoms with van der Waals surface area (Å²) in [7, 11) is 0. The van der Waals surface area contributed by atoms with Crippen molar-refractivity contribution in [3.63, 3.8) is 0 Å². The Labute approximate surface area is 103 Å². The fraction of sp³-hybridized carbons (Fsp3) is 0.500.